The molecule has 2 aromatic carbocycles. The van der Waals surface area contributed by atoms with Crippen LogP contribution in [0.3, 0.4) is 0 Å². The van der Waals surface area contributed by atoms with Crippen molar-refractivity contribution in [3.05, 3.63) is 72.1 Å². The van der Waals surface area contributed by atoms with E-state index in [1.54, 1.807) is 0 Å². The standard InChI is InChI=1S/C20H21N3O2S/c1-3-23-19(15(2)25-17-12-8-5-9-13-17)21-22-20(23)26-14-18(24)16-10-6-4-7-11-16/h4-13,15H,3,14H2,1-2H3. The Morgan fingerprint density at radius 2 is 1.73 bits per heavy atom. The molecule has 0 radical (unpaired) electrons. The molecule has 3 rings (SSSR count). The molecular formula is C20H21N3O2S. The Morgan fingerprint density at radius 1 is 1.08 bits per heavy atom. The van der Waals surface area contributed by atoms with Crippen molar-refractivity contribution in [2.75, 3.05) is 5.75 Å². The molecule has 0 spiro atoms. The van der Waals surface area contributed by atoms with Gasteiger partial charge in [0.15, 0.2) is 22.9 Å². The van der Waals surface area contributed by atoms with Crippen molar-refractivity contribution in [1.29, 1.82) is 0 Å². The zero-order valence-electron chi connectivity index (χ0n) is 14.8. The third-order valence-electron chi connectivity index (χ3n) is 3.91. The number of Topliss-reactive ketones (excluding diaryl/α,β-unsaturated/α-hetero) is 1. The van der Waals surface area contributed by atoms with E-state index in [-0.39, 0.29) is 11.9 Å². The third-order valence-corrected chi connectivity index (χ3v) is 4.88. The van der Waals surface area contributed by atoms with Crippen LogP contribution >= 0.6 is 11.8 Å². The molecule has 0 saturated carbocycles. The van der Waals surface area contributed by atoms with E-state index in [0.717, 1.165) is 16.7 Å². The summed E-state index contributed by atoms with van der Waals surface area (Å²) in [6.45, 7) is 4.70. The van der Waals surface area contributed by atoms with Crippen molar-refractivity contribution < 1.29 is 9.53 Å². The van der Waals surface area contributed by atoms with Crippen molar-refractivity contribution >= 4 is 17.5 Å². The van der Waals surface area contributed by atoms with Gasteiger partial charge in [-0.2, -0.15) is 0 Å². The van der Waals surface area contributed by atoms with E-state index in [1.165, 1.54) is 11.8 Å². The average molecular weight is 367 g/mol. The Balaban J connectivity index is 1.68. The highest BCUT2D eigenvalue weighted by Crippen LogP contribution is 2.24. The number of rotatable bonds is 8. The molecule has 6 heteroatoms. The van der Waals surface area contributed by atoms with Gasteiger partial charge in [-0.05, 0) is 26.0 Å². The fraction of sp³-hybridized carbons (Fsp3) is 0.250. The molecule has 0 aliphatic heterocycles. The van der Waals surface area contributed by atoms with Gasteiger partial charge in [-0.3, -0.25) is 4.79 Å². The van der Waals surface area contributed by atoms with E-state index in [0.29, 0.717) is 17.9 Å². The van der Waals surface area contributed by atoms with Crippen LogP contribution in [0.5, 0.6) is 5.75 Å². The molecule has 0 N–H and O–H groups in total. The molecule has 1 aromatic heterocycles. The normalized spacial score (nSPS) is 11.9. The number of hydrogen-bond acceptors (Lipinski definition) is 5. The Labute approximate surface area is 157 Å². The zero-order valence-corrected chi connectivity index (χ0v) is 15.6. The fourth-order valence-corrected chi connectivity index (χ4v) is 3.50. The number of thioether (sulfide) groups is 1. The maximum Gasteiger partial charge on any atom is 0.191 e. The molecule has 0 aliphatic carbocycles. The molecule has 1 heterocycles. The van der Waals surface area contributed by atoms with Crippen LogP contribution in [0.1, 0.15) is 36.1 Å². The first-order chi connectivity index (χ1) is 12.7. The number of aromatic nitrogens is 3. The minimum atomic E-state index is -0.232. The van der Waals surface area contributed by atoms with E-state index >= 15 is 0 Å². The maximum absolute atomic E-state index is 12.3. The van der Waals surface area contributed by atoms with Crippen LogP contribution in [0.2, 0.25) is 0 Å². The van der Waals surface area contributed by atoms with E-state index in [4.69, 9.17) is 4.74 Å². The first-order valence-corrected chi connectivity index (χ1v) is 9.53. The van der Waals surface area contributed by atoms with Gasteiger partial charge in [-0.15, -0.1) is 10.2 Å². The number of benzene rings is 2. The molecule has 3 aromatic rings. The van der Waals surface area contributed by atoms with Crippen LogP contribution in [0.15, 0.2) is 65.8 Å². The smallest absolute Gasteiger partial charge is 0.191 e. The topological polar surface area (TPSA) is 57.0 Å². The third kappa shape index (κ3) is 4.32. The highest BCUT2D eigenvalue weighted by atomic mass is 32.2. The summed E-state index contributed by atoms with van der Waals surface area (Å²) >= 11 is 1.40. The second kappa shape index (κ2) is 8.67. The molecule has 1 atom stereocenters. The predicted molar refractivity (Wildman–Crippen MR) is 103 cm³/mol. The first-order valence-electron chi connectivity index (χ1n) is 8.55. The number of hydrogen-bond donors (Lipinski definition) is 0. The minimum absolute atomic E-state index is 0.0800. The van der Waals surface area contributed by atoms with Crippen molar-refractivity contribution in [2.45, 2.75) is 31.7 Å². The second-order valence-corrected chi connectivity index (χ2v) is 6.68. The summed E-state index contributed by atoms with van der Waals surface area (Å²) in [6.07, 6.45) is -0.232. The van der Waals surface area contributed by atoms with E-state index in [9.17, 15) is 4.79 Å². The molecule has 0 bridgehead atoms. The summed E-state index contributed by atoms with van der Waals surface area (Å²) in [5, 5.41) is 9.28. The van der Waals surface area contributed by atoms with Crippen molar-refractivity contribution in [3.8, 4) is 5.75 Å². The Bertz CT molecular complexity index is 850. The quantitative estimate of drug-likeness (QED) is 0.436. The van der Waals surface area contributed by atoms with Gasteiger partial charge in [-0.1, -0.05) is 60.3 Å². The lowest BCUT2D eigenvalue weighted by Gasteiger charge is -2.15. The van der Waals surface area contributed by atoms with Gasteiger partial charge in [0, 0.05) is 12.1 Å². The summed E-state index contributed by atoms with van der Waals surface area (Å²) < 4.78 is 7.95. The van der Waals surface area contributed by atoms with Gasteiger partial charge in [0.25, 0.3) is 0 Å². The van der Waals surface area contributed by atoms with E-state index in [2.05, 4.69) is 10.2 Å². The molecule has 0 fully saturated rings. The molecule has 5 nitrogen and oxygen atoms in total. The highest BCUT2D eigenvalue weighted by molar-refractivity contribution is 7.99. The summed E-state index contributed by atoms with van der Waals surface area (Å²) in [7, 11) is 0. The van der Waals surface area contributed by atoms with Gasteiger partial charge in [0.05, 0.1) is 5.75 Å². The van der Waals surface area contributed by atoms with Crippen LogP contribution < -0.4 is 4.74 Å². The molecule has 0 saturated heterocycles. The van der Waals surface area contributed by atoms with E-state index < -0.39 is 0 Å². The fourth-order valence-electron chi connectivity index (χ4n) is 2.60. The number of nitrogens with zero attached hydrogens (tertiary/aromatic N) is 3. The Morgan fingerprint density at radius 3 is 2.38 bits per heavy atom. The van der Waals surface area contributed by atoms with Gasteiger partial charge in [0.1, 0.15) is 5.75 Å². The van der Waals surface area contributed by atoms with Crippen LogP contribution in [-0.2, 0) is 6.54 Å². The summed E-state index contributed by atoms with van der Waals surface area (Å²) in [4.78, 5) is 12.3. The Kier molecular flexibility index (Phi) is 6.07. The van der Waals surface area contributed by atoms with Gasteiger partial charge >= 0.3 is 0 Å². The monoisotopic (exact) mass is 367 g/mol. The summed E-state index contributed by atoms with van der Waals surface area (Å²) in [5.41, 5.74) is 0.712. The molecule has 26 heavy (non-hydrogen) atoms. The Hall–Kier alpha value is -2.60. The minimum Gasteiger partial charge on any atom is -0.483 e. The molecule has 134 valence electrons. The van der Waals surface area contributed by atoms with Crippen LogP contribution in [-0.4, -0.2) is 26.3 Å². The maximum atomic E-state index is 12.3. The summed E-state index contributed by atoms with van der Waals surface area (Å²) in [5.74, 6) is 1.96. The van der Waals surface area contributed by atoms with Crippen molar-refractivity contribution in [3.63, 3.8) is 0 Å². The molecular weight excluding hydrogens is 346 g/mol. The predicted octanol–water partition coefficient (Wildman–Crippen LogP) is 4.41. The lowest BCUT2D eigenvalue weighted by molar-refractivity contribution is 0.102. The largest absolute Gasteiger partial charge is 0.483 e. The van der Waals surface area contributed by atoms with Crippen LogP contribution in [0.25, 0.3) is 0 Å². The van der Waals surface area contributed by atoms with Gasteiger partial charge < -0.3 is 9.30 Å². The number of carbonyl (C=O) groups is 1. The van der Waals surface area contributed by atoms with Crippen LogP contribution in [0, 0.1) is 0 Å². The number of carbonyl (C=O) groups excluding carboxylic acids is 1. The molecule has 1 unspecified atom stereocenters. The number of para-hydroxylation sites is 1. The van der Waals surface area contributed by atoms with Crippen molar-refractivity contribution in [2.24, 2.45) is 0 Å². The lowest BCUT2D eigenvalue weighted by atomic mass is 10.2. The lowest BCUT2D eigenvalue weighted by Crippen LogP contribution is -2.12. The molecule has 0 aliphatic rings. The van der Waals surface area contributed by atoms with E-state index in [1.807, 2.05) is 79.1 Å². The average Bonchev–Trinajstić information content (AvgIpc) is 3.10. The SMILES string of the molecule is CCn1c(SCC(=O)c2ccccc2)nnc1C(C)Oc1ccccc1. The first kappa shape index (κ1) is 18.2. The van der Waals surface area contributed by atoms with Crippen molar-refractivity contribution in [1.82, 2.24) is 14.8 Å². The summed E-state index contributed by atoms with van der Waals surface area (Å²) in [6, 6.07) is 18.9. The van der Waals surface area contributed by atoms with Gasteiger partial charge in [0.2, 0.25) is 0 Å². The van der Waals surface area contributed by atoms with Gasteiger partial charge in [-0.25, -0.2) is 0 Å². The van der Waals surface area contributed by atoms with Crippen LogP contribution in [0.4, 0.5) is 0 Å². The molecule has 0 amide bonds. The highest BCUT2D eigenvalue weighted by Gasteiger charge is 2.19. The number of ketones is 1. The second-order valence-electron chi connectivity index (χ2n) is 5.74. The zero-order chi connectivity index (χ0) is 18.4. The number of ether oxygens (including phenoxy) is 1.